The van der Waals surface area contributed by atoms with Gasteiger partial charge in [0.25, 0.3) is 11.8 Å². The van der Waals surface area contributed by atoms with Gasteiger partial charge in [-0.2, -0.15) is 0 Å². The fraction of sp³-hybridized carbons (Fsp3) is 0.261. The number of hydrogen-bond acceptors (Lipinski definition) is 7. The third kappa shape index (κ3) is 6.79. The molecule has 6 aromatic rings. The average molecular weight is 873 g/mol. The van der Waals surface area contributed by atoms with Gasteiger partial charge in [0.15, 0.2) is 11.4 Å². The zero-order valence-corrected chi connectivity index (χ0v) is 35.4. The Balaban J connectivity index is 1.02. The standard InChI is InChI=1S/C46H43BrFN5O5Si/c1-29-43(59(2,3)48)42(22-23-51-27-37(49-50-51)35(28-54)31-13-5-4-6-14-31)58-46(29)36-25-32(47)20-21-38(36)52(45(46)56)26-30-12-11-15-33(24-30)53-39-17-8-10-19-41(39)57-40-18-9-7-16-34(40)44(53)55/h4-21,24-25,27,29,35,42-43,54H,22-23,26,28H2,1-3H3/t29-,35?,42+,43-,46+/m0/s1. The quantitative estimate of drug-likeness (QED) is 0.108. The number of aliphatic hydroxyl groups is 1. The lowest BCUT2D eigenvalue weighted by atomic mass is 9.82. The maximum absolute atomic E-state index is 16.6. The van der Waals surface area contributed by atoms with Gasteiger partial charge in [0, 0.05) is 39.9 Å². The summed E-state index contributed by atoms with van der Waals surface area (Å²) < 4.78 is 32.4. The highest BCUT2D eigenvalue weighted by molar-refractivity contribution is 9.10. The Kier molecular flexibility index (Phi) is 10.1. The van der Waals surface area contributed by atoms with E-state index >= 15 is 8.90 Å². The molecule has 2 amide bonds. The highest BCUT2D eigenvalue weighted by Crippen LogP contribution is 2.60. The molecule has 4 heterocycles. The van der Waals surface area contributed by atoms with Crippen molar-refractivity contribution in [2.75, 3.05) is 16.4 Å². The van der Waals surface area contributed by atoms with Crippen LogP contribution in [0.15, 0.2) is 132 Å². The molecule has 1 spiro atoms. The summed E-state index contributed by atoms with van der Waals surface area (Å²) in [7, 11) is -3.43. The molecule has 1 unspecified atom stereocenters. The smallest absolute Gasteiger partial charge is 0.266 e. The molecule has 10 nitrogen and oxygen atoms in total. The molecule has 0 aliphatic carbocycles. The van der Waals surface area contributed by atoms with Crippen LogP contribution >= 0.6 is 15.9 Å². The maximum Gasteiger partial charge on any atom is 0.266 e. The van der Waals surface area contributed by atoms with Crippen LogP contribution in [0.4, 0.5) is 21.2 Å². The van der Waals surface area contributed by atoms with Gasteiger partial charge in [0.2, 0.25) is 8.41 Å². The molecule has 3 aliphatic heterocycles. The molecule has 13 heteroatoms. The Morgan fingerprint density at radius 3 is 2.42 bits per heavy atom. The molecule has 300 valence electrons. The minimum atomic E-state index is -3.43. The first-order chi connectivity index (χ1) is 28.5. The van der Waals surface area contributed by atoms with E-state index in [9.17, 15) is 9.90 Å². The summed E-state index contributed by atoms with van der Waals surface area (Å²) in [5.41, 5.74) is 3.51. The number of carbonyl (C=O) groups excluding carboxylic acids is 2. The number of carbonyl (C=O) groups is 2. The van der Waals surface area contributed by atoms with Crippen molar-refractivity contribution in [3.05, 3.63) is 160 Å². The Bertz CT molecular complexity index is 2570. The number of halogens is 2. The summed E-state index contributed by atoms with van der Waals surface area (Å²) in [6.45, 7) is 5.80. The predicted octanol–water partition coefficient (Wildman–Crippen LogP) is 9.66. The summed E-state index contributed by atoms with van der Waals surface area (Å²) in [5, 5.41) is 19.0. The normalized spacial score (nSPS) is 21.6. The summed E-state index contributed by atoms with van der Waals surface area (Å²) in [5.74, 6) is -0.261. The van der Waals surface area contributed by atoms with Crippen LogP contribution in [-0.2, 0) is 28.2 Å². The summed E-state index contributed by atoms with van der Waals surface area (Å²) in [6, 6.07) is 37.7. The zero-order chi connectivity index (χ0) is 41.1. The van der Waals surface area contributed by atoms with Crippen LogP contribution in [0, 0.1) is 5.92 Å². The fourth-order valence-corrected chi connectivity index (χ4v) is 12.3. The van der Waals surface area contributed by atoms with E-state index in [1.807, 2.05) is 122 Å². The molecule has 0 bridgehead atoms. The SMILES string of the molecule is C[C@H]1[C@H]([Si](C)(C)F)[C@@H](CCn2cc(C(CO)c3ccccc3)nn2)O[C@]12C(=O)N(Cc1cccc(N3C(=O)c4ccccc4Oc4ccccc43)c1)c1ccc(Br)cc12. The van der Waals surface area contributed by atoms with Crippen LogP contribution in [0.3, 0.4) is 0 Å². The number of rotatable bonds is 10. The largest absolute Gasteiger partial charge is 0.454 e. The monoisotopic (exact) mass is 871 g/mol. The Morgan fingerprint density at radius 2 is 1.64 bits per heavy atom. The van der Waals surface area contributed by atoms with Crippen LogP contribution in [0.25, 0.3) is 0 Å². The molecule has 1 saturated heterocycles. The summed E-state index contributed by atoms with van der Waals surface area (Å²) in [4.78, 5) is 32.8. The van der Waals surface area contributed by atoms with Gasteiger partial charge in [0.05, 0.1) is 47.8 Å². The van der Waals surface area contributed by atoms with E-state index in [-0.39, 0.29) is 30.9 Å². The number of aromatic nitrogens is 3. The number of aryl methyl sites for hydroxylation is 1. The van der Waals surface area contributed by atoms with Crippen molar-refractivity contribution in [3.63, 3.8) is 0 Å². The van der Waals surface area contributed by atoms with Gasteiger partial charge < -0.3 is 23.6 Å². The van der Waals surface area contributed by atoms with Gasteiger partial charge >= 0.3 is 0 Å². The van der Waals surface area contributed by atoms with Crippen molar-refractivity contribution in [2.45, 2.75) is 62.7 Å². The lowest BCUT2D eigenvalue weighted by molar-refractivity contribution is -0.146. The number of hydrogen-bond donors (Lipinski definition) is 1. The van der Waals surface area contributed by atoms with Gasteiger partial charge in [0.1, 0.15) is 5.75 Å². The second-order valence-electron chi connectivity index (χ2n) is 16.0. The molecule has 1 fully saturated rings. The Labute approximate surface area is 351 Å². The zero-order valence-electron chi connectivity index (χ0n) is 32.8. The second kappa shape index (κ2) is 15.3. The molecule has 1 N–H and O–H groups in total. The van der Waals surface area contributed by atoms with Crippen LogP contribution in [0.1, 0.15) is 52.0 Å². The van der Waals surface area contributed by atoms with Gasteiger partial charge in [-0.25, -0.2) is 0 Å². The highest BCUT2D eigenvalue weighted by atomic mass is 79.9. The molecule has 0 saturated carbocycles. The molecule has 59 heavy (non-hydrogen) atoms. The number of aliphatic hydroxyl groups excluding tert-OH is 1. The Morgan fingerprint density at radius 1 is 0.898 bits per heavy atom. The van der Waals surface area contributed by atoms with E-state index in [1.165, 1.54) is 0 Å². The van der Waals surface area contributed by atoms with E-state index in [2.05, 4.69) is 26.2 Å². The number of ether oxygens (including phenoxy) is 2. The molecular formula is C46H43BrFN5O5Si. The van der Waals surface area contributed by atoms with E-state index < -0.39 is 31.6 Å². The van der Waals surface area contributed by atoms with Crippen molar-refractivity contribution in [1.82, 2.24) is 15.0 Å². The molecular weight excluding hydrogens is 830 g/mol. The van der Waals surface area contributed by atoms with Gasteiger partial charge in [-0.15, -0.1) is 5.10 Å². The molecule has 1 aromatic heterocycles. The van der Waals surface area contributed by atoms with Gasteiger partial charge in [-0.05, 0) is 85.2 Å². The number of para-hydroxylation sites is 3. The van der Waals surface area contributed by atoms with E-state index in [0.717, 1.165) is 15.6 Å². The maximum atomic E-state index is 16.6. The second-order valence-corrected chi connectivity index (χ2v) is 20.8. The average Bonchev–Trinajstić information content (AvgIpc) is 3.86. The lowest BCUT2D eigenvalue weighted by Gasteiger charge is -2.31. The minimum absolute atomic E-state index is 0.121. The number of nitrogens with zero attached hydrogens (tertiary/aromatic N) is 5. The van der Waals surface area contributed by atoms with E-state index in [4.69, 9.17) is 9.47 Å². The fourth-order valence-electron chi connectivity index (χ4n) is 9.38. The van der Waals surface area contributed by atoms with Crippen molar-refractivity contribution < 1.29 is 28.3 Å². The molecule has 3 aliphatic rings. The van der Waals surface area contributed by atoms with E-state index in [0.29, 0.717) is 58.3 Å². The highest BCUT2D eigenvalue weighted by Gasteiger charge is 2.66. The number of fused-ring (bicyclic) bond motifs is 4. The van der Waals surface area contributed by atoms with Crippen LogP contribution < -0.4 is 14.5 Å². The van der Waals surface area contributed by atoms with Crippen molar-refractivity contribution in [1.29, 1.82) is 0 Å². The van der Waals surface area contributed by atoms with E-state index in [1.54, 1.807) is 39.7 Å². The predicted molar refractivity (Wildman–Crippen MR) is 229 cm³/mol. The number of benzene rings is 5. The summed E-state index contributed by atoms with van der Waals surface area (Å²) in [6.07, 6.45) is 1.65. The molecule has 5 aromatic carbocycles. The van der Waals surface area contributed by atoms with Crippen molar-refractivity contribution in [3.8, 4) is 11.5 Å². The first-order valence-electron chi connectivity index (χ1n) is 19.8. The van der Waals surface area contributed by atoms with Crippen LogP contribution in [0.2, 0.25) is 18.6 Å². The third-order valence-electron chi connectivity index (χ3n) is 12.0. The Hall–Kier alpha value is -5.47. The topological polar surface area (TPSA) is 110 Å². The van der Waals surface area contributed by atoms with Crippen LogP contribution in [-0.4, -0.2) is 53.0 Å². The first-order valence-corrected chi connectivity index (χ1v) is 23.6. The minimum Gasteiger partial charge on any atom is -0.454 e. The first kappa shape index (κ1) is 39.0. The molecule has 5 atom stereocenters. The summed E-state index contributed by atoms with van der Waals surface area (Å²) >= 11 is 3.65. The molecule has 9 rings (SSSR count). The van der Waals surface area contributed by atoms with Gasteiger partial charge in [-0.1, -0.05) is 94.8 Å². The number of amides is 2. The molecule has 0 radical (unpaired) electrons. The van der Waals surface area contributed by atoms with Crippen molar-refractivity contribution in [2.24, 2.45) is 5.92 Å². The van der Waals surface area contributed by atoms with Crippen molar-refractivity contribution >= 4 is 53.2 Å². The van der Waals surface area contributed by atoms with Gasteiger partial charge in [-0.3, -0.25) is 19.2 Å². The number of anilines is 3. The van der Waals surface area contributed by atoms with Crippen LogP contribution in [0.5, 0.6) is 11.5 Å². The third-order valence-corrected chi connectivity index (χ3v) is 15.0. The lowest BCUT2D eigenvalue weighted by Crippen LogP contribution is -2.45.